The lowest BCUT2D eigenvalue weighted by molar-refractivity contribution is 0.558. The topological polar surface area (TPSA) is 66.7 Å². The third-order valence-corrected chi connectivity index (χ3v) is 1.52. The second-order valence-electron chi connectivity index (χ2n) is 2.44. The van der Waals surface area contributed by atoms with Gasteiger partial charge in [-0.1, -0.05) is 0 Å². The Bertz CT molecular complexity index is 182. The van der Waals surface area contributed by atoms with Crippen LogP contribution in [0.3, 0.4) is 0 Å². The van der Waals surface area contributed by atoms with Gasteiger partial charge in [-0.2, -0.15) is 0 Å². The molecule has 0 aliphatic heterocycles. The molecule has 4 nitrogen and oxygen atoms in total. The minimum absolute atomic E-state index is 0.258. The predicted octanol–water partition coefficient (Wildman–Crippen LogP) is 0.0190. The first-order valence-electron chi connectivity index (χ1n) is 3.77. The largest absolute Gasteiger partial charge is 0.347 e. The van der Waals surface area contributed by atoms with Crippen molar-refractivity contribution in [2.24, 2.45) is 5.73 Å². The average Bonchev–Trinajstić information content (AvgIpc) is 2.52. The van der Waals surface area contributed by atoms with Gasteiger partial charge in [-0.05, 0) is 6.92 Å². The standard InChI is InChI=1S/C7H14N4/c1-6(9-3-2-8)7-10-4-5-11-7/h4-6,9H,2-3,8H2,1H3,(H,10,11). The number of H-pyrrole nitrogens is 1. The molecule has 0 fully saturated rings. The highest BCUT2D eigenvalue weighted by molar-refractivity contribution is 4.93. The molecule has 4 N–H and O–H groups in total. The van der Waals surface area contributed by atoms with Crippen LogP contribution in [0.2, 0.25) is 0 Å². The molecule has 1 unspecified atom stereocenters. The summed E-state index contributed by atoms with van der Waals surface area (Å²) in [6.07, 6.45) is 3.56. The van der Waals surface area contributed by atoms with Crippen molar-refractivity contribution in [3.63, 3.8) is 0 Å². The van der Waals surface area contributed by atoms with Crippen molar-refractivity contribution in [3.05, 3.63) is 18.2 Å². The molecule has 11 heavy (non-hydrogen) atoms. The molecule has 1 atom stereocenters. The second-order valence-corrected chi connectivity index (χ2v) is 2.44. The molecule has 4 heteroatoms. The second kappa shape index (κ2) is 4.10. The third kappa shape index (κ3) is 2.32. The molecule has 0 aromatic carbocycles. The summed E-state index contributed by atoms with van der Waals surface area (Å²) in [5, 5.41) is 3.22. The van der Waals surface area contributed by atoms with E-state index in [0.29, 0.717) is 6.54 Å². The minimum Gasteiger partial charge on any atom is -0.347 e. The van der Waals surface area contributed by atoms with Crippen molar-refractivity contribution in [3.8, 4) is 0 Å². The Hall–Kier alpha value is -0.870. The Morgan fingerprint density at radius 3 is 3.18 bits per heavy atom. The van der Waals surface area contributed by atoms with E-state index in [4.69, 9.17) is 5.73 Å². The zero-order valence-corrected chi connectivity index (χ0v) is 6.67. The predicted molar refractivity (Wildman–Crippen MR) is 44.1 cm³/mol. The van der Waals surface area contributed by atoms with Gasteiger partial charge in [-0.25, -0.2) is 4.98 Å². The fourth-order valence-electron chi connectivity index (χ4n) is 0.911. The number of imidazole rings is 1. The fourth-order valence-corrected chi connectivity index (χ4v) is 0.911. The highest BCUT2D eigenvalue weighted by atomic mass is 15.0. The van der Waals surface area contributed by atoms with Crippen molar-refractivity contribution in [2.45, 2.75) is 13.0 Å². The maximum Gasteiger partial charge on any atom is 0.122 e. The number of aromatic nitrogens is 2. The third-order valence-electron chi connectivity index (χ3n) is 1.52. The molecule has 0 aliphatic carbocycles. The van der Waals surface area contributed by atoms with Crippen molar-refractivity contribution in [2.75, 3.05) is 13.1 Å². The van der Waals surface area contributed by atoms with Crippen LogP contribution in [0.4, 0.5) is 0 Å². The summed E-state index contributed by atoms with van der Waals surface area (Å²) < 4.78 is 0. The van der Waals surface area contributed by atoms with Crippen LogP contribution < -0.4 is 11.1 Å². The van der Waals surface area contributed by atoms with E-state index in [2.05, 4.69) is 22.2 Å². The normalized spacial score (nSPS) is 13.3. The van der Waals surface area contributed by atoms with Crippen LogP contribution in [-0.4, -0.2) is 23.1 Å². The monoisotopic (exact) mass is 154 g/mol. The Labute approximate surface area is 66.2 Å². The smallest absolute Gasteiger partial charge is 0.122 e. The van der Waals surface area contributed by atoms with E-state index in [1.165, 1.54) is 0 Å². The number of rotatable bonds is 4. The summed E-state index contributed by atoms with van der Waals surface area (Å²) in [4.78, 5) is 7.14. The maximum absolute atomic E-state index is 5.34. The highest BCUT2D eigenvalue weighted by Gasteiger charge is 2.04. The summed E-state index contributed by atoms with van der Waals surface area (Å²) in [5.74, 6) is 0.957. The van der Waals surface area contributed by atoms with E-state index in [1.807, 2.05) is 6.20 Å². The first-order valence-corrected chi connectivity index (χ1v) is 3.77. The van der Waals surface area contributed by atoms with Gasteiger partial charge in [0.2, 0.25) is 0 Å². The van der Waals surface area contributed by atoms with E-state index < -0.39 is 0 Å². The summed E-state index contributed by atoms with van der Waals surface area (Å²) >= 11 is 0. The molecular formula is C7H14N4. The van der Waals surface area contributed by atoms with Crippen molar-refractivity contribution >= 4 is 0 Å². The van der Waals surface area contributed by atoms with Gasteiger partial charge in [0, 0.05) is 25.5 Å². The van der Waals surface area contributed by atoms with Crippen molar-refractivity contribution in [1.82, 2.24) is 15.3 Å². The molecule has 0 spiro atoms. The molecule has 1 heterocycles. The number of nitrogens with zero attached hydrogens (tertiary/aromatic N) is 1. The number of nitrogens with two attached hydrogens (primary N) is 1. The van der Waals surface area contributed by atoms with E-state index in [9.17, 15) is 0 Å². The Morgan fingerprint density at radius 2 is 2.64 bits per heavy atom. The van der Waals surface area contributed by atoms with E-state index >= 15 is 0 Å². The molecule has 0 aliphatic rings. The Balaban J connectivity index is 2.36. The van der Waals surface area contributed by atoms with Gasteiger partial charge in [-0.15, -0.1) is 0 Å². The van der Waals surface area contributed by atoms with Gasteiger partial charge in [0.1, 0.15) is 5.82 Å². The van der Waals surface area contributed by atoms with Crippen LogP contribution in [-0.2, 0) is 0 Å². The zero-order valence-electron chi connectivity index (χ0n) is 6.67. The van der Waals surface area contributed by atoms with E-state index in [1.54, 1.807) is 6.20 Å². The molecule has 0 saturated heterocycles. The van der Waals surface area contributed by atoms with Crippen LogP contribution in [0.1, 0.15) is 18.8 Å². The molecule has 0 radical (unpaired) electrons. The average molecular weight is 154 g/mol. The minimum atomic E-state index is 0.258. The van der Waals surface area contributed by atoms with E-state index in [-0.39, 0.29) is 6.04 Å². The first-order chi connectivity index (χ1) is 5.34. The highest BCUT2D eigenvalue weighted by Crippen LogP contribution is 2.03. The molecule has 0 amide bonds. The SMILES string of the molecule is CC(NCCN)c1ncc[nH]1. The van der Waals surface area contributed by atoms with Crippen molar-refractivity contribution in [1.29, 1.82) is 0 Å². The Morgan fingerprint density at radius 1 is 1.82 bits per heavy atom. The maximum atomic E-state index is 5.34. The van der Waals surface area contributed by atoms with Crippen LogP contribution in [0.15, 0.2) is 12.4 Å². The lowest BCUT2D eigenvalue weighted by Crippen LogP contribution is -2.26. The molecule has 62 valence electrons. The first kappa shape index (κ1) is 8.23. The molecule has 0 saturated carbocycles. The number of nitrogens with one attached hydrogen (secondary N) is 2. The quantitative estimate of drug-likeness (QED) is 0.572. The van der Waals surface area contributed by atoms with Gasteiger partial charge >= 0.3 is 0 Å². The number of hydrogen-bond acceptors (Lipinski definition) is 3. The van der Waals surface area contributed by atoms with Gasteiger partial charge in [0.15, 0.2) is 0 Å². The number of hydrogen-bond donors (Lipinski definition) is 3. The molecule has 1 rings (SSSR count). The fraction of sp³-hybridized carbons (Fsp3) is 0.571. The van der Waals surface area contributed by atoms with E-state index in [0.717, 1.165) is 12.4 Å². The molecule has 0 bridgehead atoms. The van der Waals surface area contributed by atoms with Crippen LogP contribution in [0.25, 0.3) is 0 Å². The summed E-state index contributed by atoms with van der Waals surface area (Å²) in [7, 11) is 0. The molecule has 1 aromatic rings. The van der Waals surface area contributed by atoms with Crippen LogP contribution in [0, 0.1) is 0 Å². The van der Waals surface area contributed by atoms with Gasteiger partial charge < -0.3 is 16.0 Å². The van der Waals surface area contributed by atoms with Crippen LogP contribution >= 0.6 is 0 Å². The zero-order chi connectivity index (χ0) is 8.10. The lowest BCUT2D eigenvalue weighted by atomic mass is 10.3. The number of aromatic amines is 1. The summed E-state index contributed by atoms with van der Waals surface area (Å²) in [6.45, 7) is 3.53. The van der Waals surface area contributed by atoms with Crippen LogP contribution in [0.5, 0.6) is 0 Å². The molecular weight excluding hydrogens is 140 g/mol. The van der Waals surface area contributed by atoms with Gasteiger partial charge in [0.05, 0.1) is 6.04 Å². The van der Waals surface area contributed by atoms with Crippen molar-refractivity contribution < 1.29 is 0 Å². The van der Waals surface area contributed by atoms with Gasteiger partial charge in [-0.3, -0.25) is 0 Å². The lowest BCUT2D eigenvalue weighted by Gasteiger charge is -2.09. The summed E-state index contributed by atoms with van der Waals surface area (Å²) in [6, 6.07) is 0.258. The molecule has 1 aromatic heterocycles. The van der Waals surface area contributed by atoms with Gasteiger partial charge in [0.25, 0.3) is 0 Å². The summed E-state index contributed by atoms with van der Waals surface area (Å²) in [5.41, 5.74) is 5.34. The Kier molecular flexibility index (Phi) is 3.07.